The molecule has 2 rings (SSSR count). The second-order valence-corrected chi connectivity index (χ2v) is 4.06. The molecule has 1 saturated heterocycles. The quantitative estimate of drug-likeness (QED) is 0.819. The predicted octanol–water partition coefficient (Wildman–Crippen LogP) is 3.00. The molecule has 0 amide bonds. The number of hydrogen-bond acceptors (Lipinski definition) is 2. The summed E-state index contributed by atoms with van der Waals surface area (Å²) in [6, 6.07) is 5.22. The van der Waals surface area contributed by atoms with Crippen molar-refractivity contribution in [1.82, 2.24) is 5.32 Å². The molecule has 1 heterocycles. The van der Waals surface area contributed by atoms with E-state index in [0.29, 0.717) is 5.56 Å². The van der Waals surface area contributed by atoms with Crippen LogP contribution in [0.2, 0.25) is 0 Å². The van der Waals surface area contributed by atoms with Crippen molar-refractivity contribution in [1.29, 1.82) is 5.26 Å². The van der Waals surface area contributed by atoms with Gasteiger partial charge in [-0.2, -0.15) is 18.4 Å². The Hall–Kier alpha value is -1.54. The summed E-state index contributed by atoms with van der Waals surface area (Å²) in [5, 5.41) is 12.1. The van der Waals surface area contributed by atoms with Crippen LogP contribution in [0.25, 0.3) is 0 Å². The molecule has 1 aliphatic heterocycles. The summed E-state index contributed by atoms with van der Waals surface area (Å²) in [6.07, 6.45) is -2.55. The highest BCUT2D eigenvalue weighted by molar-refractivity contribution is 5.43. The van der Waals surface area contributed by atoms with Crippen LogP contribution in [0.3, 0.4) is 0 Å². The number of rotatable bonds is 1. The minimum Gasteiger partial charge on any atom is -0.310 e. The monoisotopic (exact) mass is 240 g/mol. The van der Waals surface area contributed by atoms with Crippen LogP contribution in [0.1, 0.15) is 35.6 Å². The van der Waals surface area contributed by atoms with Crippen LogP contribution in [0.15, 0.2) is 18.2 Å². The van der Waals surface area contributed by atoms with Gasteiger partial charge in [-0.05, 0) is 37.1 Å². The van der Waals surface area contributed by atoms with Crippen LogP contribution in [-0.2, 0) is 6.18 Å². The molecule has 2 nitrogen and oxygen atoms in total. The van der Waals surface area contributed by atoms with Gasteiger partial charge in [0.15, 0.2) is 0 Å². The molecule has 1 aliphatic rings. The second kappa shape index (κ2) is 4.38. The Balaban J connectivity index is 2.39. The third kappa shape index (κ3) is 2.42. The molecular weight excluding hydrogens is 229 g/mol. The third-order valence-electron chi connectivity index (χ3n) is 2.94. The fourth-order valence-electron chi connectivity index (χ4n) is 2.08. The van der Waals surface area contributed by atoms with Gasteiger partial charge in [-0.25, -0.2) is 0 Å². The van der Waals surface area contributed by atoms with E-state index in [1.807, 2.05) is 6.07 Å². The first-order chi connectivity index (χ1) is 8.02. The number of nitriles is 1. The van der Waals surface area contributed by atoms with E-state index in [-0.39, 0.29) is 11.6 Å². The molecule has 0 saturated carbocycles. The summed E-state index contributed by atoms with van der Waals surface area (Å²) in [5.74, 6) is 0. The van der Waals surface area contributed by atoms with E-state index in [1.165, 1.54) is 6.07 Å². The van der Waals surface area contributed by atoms with Crippen LogP contribution >= 0.6 is 0 Å². The fourth-order valence-corrected chi connectivity index (χ4v) is 2.08. The highest BCUT2D eigenvalue weighted by Gasteiger charge is 2.31. The highest BCUT2D eigenvalue weighted by Crippen LogP contribution is 2.33. The number of alkyl halides is 3. The first-order valence-corrected chi connectivity index (χ1v) is 5.37. The number of hydrogen-bond donors (Lipinski definition) is 1. The third-order valence-corrected chi connectivity index (χ3v) is 2.94. The van der Waals surface area contributed by atoms with Crippen molar-refractivity contribution in [2.45, 2.75) is 25.1 Å². The van der Waals surface area contributed by atoms with Crippen molar-refractivity contribution in [3.8, 4) is 6.07 Å². The van der Waals surface area contributed by atoms with Crippen LogP contribution < -0.4 is 5.32 Å². The molecule has 1 aromatic carbocycles. The van der Waals surface area contributed by atoms with Gasteiger partial charge >= 0.3 is 6.18 Å². The lowest BCUT2D eigenvalue weighted by Crippen LogP contribution is -2.15. The standard InChI is InChI=1S/C12H11F3N2/c13-12(14,15)9-3-4-10(8(6-9)7-16)11-2-1-5-17-11/h3-4,6,11,17H,1-2,5H2/t11-/m1/s1. The Labute approximate surface area is 97.1 Å². The molecule has 0 aliphatic carbocycles. The number of halogens is 3. The smallest absolute Gasteiger partial charge is 0.310 e. The summed E-state index contributed by atoms with van der Waals surface area (Å²) in [4.78, 5) is 0. The van der Waals surface area contributed by atoms with Crippen molar-refractivity contribution in [3.05, 3.63) is 34.9 Å². The SMILES string of the molecule is N#Cc1cc(C(F)(F)F)ccc1[C@H]1CCCN1. The maximum atomic E-state index is 12.5. The molecule has 1 N–H and O–H groups in total. The van der Waals surface area contributed by atoms with E-state index in [4.69, 9.17) is 5.26 Å². The van der Waals surface area contributed by atoms with Gasteiger partial charge < -0.3 is 5.32 Å². The summed E-state index contributed by atoms with van der Waals surface area (Å²) in [7, 11) is 0. The number of nitrogens with one attached hydrogen (secondary N) is 1. The van der Waals surface area contributed by atoms with Crippen molar-refractivity contribution in [2.75, 3.05) is 6.54 Å². The topological polar surface area (TPSA) is 35.8 Å². The number of benzene rings is 1. The van der Waals surface area contributed by atoms with Gasteiger partial charge in [-0.3, -0.25) is 0 Å². The van der Waals surface area contributed by atoms with Gasteiger partial charge in [0, 0.05) is 6.04 Å². The zero-order valence-corrected chi connectivity index (χ0v) is 9.01. The zero-order chi connectivity index (χ0) is 12.5. The largest absolute Gasteiger partial charge is 0.416 e. The fraction of sp³-hybridized carbons (Fsp3) is 0.417. The maximum absolute atomic E-state index is 12.5. The Bertz CT molecular complexity index is 454. The molecule has 0 unspecified atom stereocenters. The average Bonchev–Trinajstić information content (AvgIpc) is 2.80. The van der Waals surface area contributed by atoms with Crippen LogP contribution in [0.5, 0.6) is 0 Å². The molecule has 17 heavy (non-hydrogen) atoms. The van der Waals surface area contributed by atoms with Crippen molar-refractivity contribution >= 4 is 0 Å². The van der Waals surface area contributed by atoms with E-state index in [2.05, 4.69) is 5.32 Å². The lowest BCUT2D eigenvalue weighted by Gasteiger charge is -2.14. The molecule has 0 bridgehead atoms. The van der Waals surface area contributed by atoms with Crippen molar-refractivity contribution in [3.63, 3.8) is 0 Å². The van der Waals surface area contributed by atoms with Crippen molar-refractivity contribution in [2.24, 2.45) is 0 Å². The summed E-state index contributed by atoms with van der Waals surface area (Å²) >= 11 is 0. The van der Waals surface area contributed by atoms with Crippen LogP contribution in [0, 0.1) is 11.3 Å². The minimum atomic E-state index is -4.40. The Kier molecular flexibility index (Phi) is 3.07. The molecule has 5 heteroatoms. The van der Waals surface area contributed by atoms with Gasteiger partial charge in [0.05, 0.1) is 17.2 Å². The first kappa shape index (κ1) is 11.9. The van der Waals surface area contributed by atoms with Gasteiger partial charge in [-0.15, -0.1) is 0 Å². The molecule has 90 valence electrons. The van der Waals surface area contributed by atoms with Crippen LogP contribution in [-0.4, -0.2) is 6.54 Å². The van der Waals surface area contributed by atoms with E-state index in [1.54, 1.807) is 0 Å². The summed E-state index contributed by atoms with van der Waals surface area (Å²) < 4.78 is 37.5. The molecular formula is C12H11F3N2. The second-order valence-electron chi connectivity index (χ2n) is 4.06. The first-order valence-electron chi connectivity index (χ1n) is 5.37. The van der Waals surface area contributed by atoms with Crippen LogP contribution in [0.4, 0.5) is 13.2 Å². The Morgan fingerprint density at radius 1 is 1.35 bits per heavy atom. The molecule has 0 aromatic heterocycles. The Morgan fingerprint density at radius 2 is 2.12 bits per heavy atom. The molecule has 0 spiro atoms. The average molecular weight is 240 g/mol. The number of nitrogens with zero attached hydrogens (tertiary/aromatic N) is 1. The summed E-state index contributed by atoms with van der Waals surface area (Å²) in [6.45, 7) is 0.844. The van der Waals surface area contributed by atoms with Gasteiger partial charge in [0.1, 0.15) is 0 Å². The lowest BCUT2D eigenvalue weighted by molar-refractivity contribution is -0.137. The molecule has 1 fully saturated rings. The highest BCUT2D eigenvalue weighted by atomic mass is 19.4. The predicted molar refractivity (Wildman–Crippen MR) is 56.1 cm³/mol. The maximum Gasteiger partial charge on any atom is 0.416 e. The normalized spacial score (nSPS) is 20.2. The van der Waals surface area contributed by atoms with Gasteiger partial charge in [0.2, 0.25) is 0 Å². The van der Waals surface area contributed by atoms with E-state index >= 15 is 0 Å². The Morgan fingerprint density at radius 3 is 2.65 bits per heavy atom. The van der Waals surface area contributed by atoms with Gasteiger partial charge in [-0.1, -0.05) is 6.07 Å². The summed E-state index contributed by atoms with van der Waals surface area (Å²) in [5.41, 5.74) is 0.00743. The lowest BCUT2D eigenvalue weighted by atomic mass is 9.97. The van der Waals surface area contributed by atoms with E-state index in [9.17, 15) is 13.2 Å². The van der Waals surface area contributed by atoms with Gasteiger partial charge in [0.25, 0.3) is 0 Å². The minimum absolute atomic E-state index is 0.00642. The van der Waals surface area contributed by atoms with E-state index in [0.717, 1.165) is 31.5 Å². The zero-order valence-electron chi connectivity index (χ0n) is 9.01. The molecule has 1 aromatic rings. The molecule has 1 atom stereocenters. The van der Waals surface area contributed by atoms with E-state index < -0.39 is 11.7 Å². The molecule has 0 radical (unpaired) electrons. The van der Waals surface area contributed by atoms with Crippen molar-refractivity contribution < 1.29 is 13.2 Å².